The maximum absolute atomic E-state index is 13.1. The van der Waals surface area contributed by atoms with Crippen LogP contribution < -0.4 is 10.1 Å². The van der Waals surface area contributed by atoms with Crippen molar-refractivity contribution in [3.8, 4) is 5.75 Å². The fourth-order valence-electron chi connectivity index (χ4n) is 4.49. The molecule has 1 N–H and O–H groups in total. The van der Waals surface area contributed by atoms with Crippen LogP contribution in [0.2, 0.25) is 0 Å². The van der Waals surface area contributed by atoms with Gasteiger partial charge in [0.25, 0.3) is 5.91 Å². The minimum Gasteiger partial charge on any atom is -0.483 e. The Kier molecular flexibility index (Phi) is 6.60. The minimum atomic E-state index is -4.65. The van der Waals surface area contributed by atoms with Crippen molar-refractivity contribution in [1.29, 1.82) is 0 Å². The lowest BCUT2D eigenvalue weighted by Gasteiger charge is -2.34. The number of likely N-dealkylation sites (tertiary alicyclic amines) is 1. The molecule has 1 amide bonds. The van der Waals surface area contributed by atoms with Crippen molar-refractivity contribution >= 4 is 22.5 Å². The highest BCUT2D eigenvalue weighted by atomic mass is 19.4. The van der Waals surface area contributed by atoms with Crippen LogP contribution in [0.3, 0.4) is 0 Å². The molecule has 0 spiro atoms. The van der Waals surface area contributed by atoms with Crippen LogP contribution in [-0.4, -0.2) is 64.0 Å². The van der Waals surface area contributed by atoms with Gasteiger partial charge in [0.1, 0.15) is 23.2 Å². The van der Waals surface area contributed by atoms with Crippen LogP contribution in [0.4, 0.5) is 18.9 Å². The van der Waals surface area contributed by atoms with Crippen LogP contribution in [0, 0.1) is 0 Å². The lowest BCUT2D eigenvalue weighted by atomic mass is 10.0. The van der Waals surface area contributed by atoms with Crippen molar-refractivity contribution in [2.75, 3.05) is 31.6 Å². The van der Waals surface area contributed by atoms with E-state index >= 15 is 0 Å². The number of nitrogens with zero attached hydrogens (tertiary/aromatic N) is 4. The average Bonchev–Trinajstić information content (AvgIpc) is 3.23. The average molecular weight is 504 g/mol. The van der Waals surface area contributed by atoms with Gasteiger partial charge in [-0.1, -0.05) is 6.07 Å². The molecule has 5 rings (SSSR count). The van der Waals surface area contributed by atoms with Crippen LogP contribution in [0.25, 0.3) is 10.9 Å². The van der Waals surface area contributed by atoms with Crippen LogP contribution in [0.15, 0.2) is 36.5 Å². The lowest BCUT2D eigenvalue weighted by molar-refractivity contribution is -0.141. The number of carbonyl (C=O) groups excluding carboxylic acids is 1. The summed E-state index contributed by atoms with van der Waals surface area (Å²) in [6.07, 6.45) is -0.903. The lowest BCUT2D eigenvalue weighted by Crippen LogP contribution is -2.39. The number of hydrogen-bond donors (Lipinski definition) is 1. The van der Waals surface area contributed by atoms with E-state index in [1.807, 2.05) is 10.9 Å². The molecule has 192 valence electrons. The number of amides is 1. The minimum absolute atomic E-state index is 0.174. The molecular formula is C25H28F3N5O3. The number of halogens is 3. The third kappa shape index (κ3) is 5.17. The standard InChI is InChI=1S/C25H28F3N5O3/c1-15(2)32-8-6-17(7-9-32)33-12-16-10-21(22(11-20(16)31-33)36-18-13-35-14-18)30-24(34)19-4-3-5-23(29-19)25(26,27)28/h3-5,10-12,15,17-18H,6-9,13-14H2,1-2H3,(H,30,34). The summed E-state index contributed by atoms with van der Waals surface area (Å²) in [6.45, 7) is 7.23. The van der Waals surface area contributed by atoms with E-state index < -0.39 is 17.8 Å². The van der Waals surface area contributed by atoms with Gasteiger partial charge in [0.2, 0.25) is 0 Å². The molecule has 0 bridgehead atoms. The Labute approximate surface area is 206 Å². The molecule has 0 aliphatic carbocycles. The number of nitrogens with one attached hydrogen (secondary N) is 1. The Morgan fingerprint density at radius 1 is 1.19 bits per heavy atom. The summed E-state index contributed by atoms with van der Waals surface area (Å²) < 4.78 is 52.4. The van der Waals surface area contributed by atoms with Gasteiger partial charge in [0, 0.05) is 36.8 Å². The number of fused-ring (bicyclic) bond motifs is 1. The zero-order chi connectivity index (χ0) is 25.4. The summed E-state index contributed by atoms with van der Waals surface area (Å²) >= 11 is 0. The third-order valence-corrected chi connectivity index (χ3v) is 6.65. The van der Waals surface area contributed by atoms with E-state index in [9.17, 15) is 18.0 Å². The molecule has 8 nitrogen and oxygen atoms in total. The Hall–Kier alpha value is -3.18. The van der Waals surface area contributed by atoms with Crippen molar-refractivity contribution < 1.29 is 27.4 Å². The summed E-state index contributed by atoms with van der Waals surface area (Å²) in [6, 6.07) is 7.50. The fraction of sp³-hybridized carbons (Fsp3) is 0.480. The monoisotopic (exact) mass is 503 g/mol. The van der Waals surface area contributed by atoms with E-state index in [-0.39, 0.29) is 17.8 Å². The number of alkyl halides is 3. The smallest absolute Gasteiger partial charge is 0.433 e. The van der Waals surface area contributed by atoms with E-state index in [4.69, 9.17) is 14.6 Å². The highest BCUT2D eigenvalue weighted by Crippen LogP contribution is 2.34. The highest BCUT2D eigenvalue weighted by Gasteiger charge is 2.33. The number of rotatable bonds is 6. The summed E-state index contributed by atoms with van der Waals surface area (Å²) in [5.74, 6) is -0.375. The van der Waals surface area contributed by atoms with E-state index in [0.29, 0.717) is 36.2 Å². The molecule has 0 atom stereocenters. The van der Waals surface area contributed by atoms with Crippen molar-refractivity contribution in [2.24, 2.45) is 0 Å². The highest BCUT2D eigenvalue weighted by molar-refractivity contribution is 6.05. The predicted molar refractivity (Wildman–Crippen MR) is 127 cm³/mol. The van der Waals surface area contributed by atoms with Gasteiger partial charge >= 0.3 is 6.18 Å². The number of pyridine rings is 1. The topological polar surface area (TPSA) is 81.5 Å². The van der Waals surface area contributed by atoms with Gasteiger partial charge in [-0.15, -0.1) is 0 Å². The predicted octanol–water partition coefficient (Wildman–Crippen LogP) is 4.53. The van der Waals surface area contributed by atoms with Crippen LogP contribution >= 0.6 is 0 Å². The van der Waals surface area contributed by atoms with E-state index in [0.717, 1.165) is 43.5 Å². The first-order valence-corrected chi connectivity index (χ1v) is 12.0. The van der Waals surface area contributed by atoms with E-state index in [1.165, 1.54) is 6.07 Å². The Morgan fingerprint density at radius 2 is 1.94 bits per heavy atom. The second kappa shape index (κ2) is 9.70. The van der Waals surface area contributed by atoms with E-state index in [2.05, 4.69) is 29.0 Å². The zero-order valence-electron chi connectivity index (χ0n) is 20.1. The maximum Gasteiger partial charge on any atom is 0.433 e. The molecule has 2 saturated heterocycles. The zero-order valence-corrected chi connectivity index (χ0v) is 20.1. The molecule has 3 aromatic rings. The normalized spacial score (nSPS) is 17.9. The first kappa shape index (κ1) is 24.5. The van der Waals surface area contributed by atoms with Gasteiger partial charge in [-0.25, -0.2) is 4.98 Å². The maximum atomic E-state index is 13.1. The van der Waals surface area contributed by atoms with E-state index in [1.54, 1.807) is 12.1 Å². The van der Waals surface area contributed by atoms with Crippen molar-refractivity contribution in [2.45, 2.75) is 51.1 Å². The molecular weight excluding hydrogens is 475 g/mol. The van der Waals surface area contributed by atoms with Gasteiger partial charge in [-0.3, -0.25) is 9.48 Å². The van der Waals surface area contributed by atoms with Gasteiger partial charge in [0.15, 0.2) is 0 Å². The molecule has 2 fully saturated rings. The summed E-state index contributed by atoms with van der Waals surface area (Å²) in [7, 11) is 0. The first-order chi connectivity index (χ1) is 17.2. The molecule has 2 aliphatic heterocycles. The molecule has 2 aromatic heterocycles. The fourth-order valence-corrected chi connectivity index (χ4v) is 4.49. The number of benzene rings is 1. The third-order valence-electron chi connectivity index (χ3n) is 6.65. The SMILES string of the molecule is CC(C)N1CCC(n2cc3cc(NC(=O)c4cccc(C(F)(F)F)n4)c(OC4COC4)cc3n2)CC1. The summed E-state index contributed by atoms with van der Waals surface area (Å²) in [5.41, 5.74) is -0.409. The van der Waals surface area contributed by atoms with Gasteiger partial charge < -0.3 is 19.7 Å². The van der Waals surface area contributed by atoms with Gasteiger partial charge in [0.05, 0.1) is 30.5 Å². The molecule has 0 radical (unpaired) electrons. The molecule has 2 aliphatic rings. The van der Waals surface area contributed by atoms with Gasteiger partial charge in [-0.2, -0.15) is 18.3 Å². The summed E-state index contributed by atoms with van der Waals surface area (Å²) in [5, 5.41) is 8.25. The molecule has 11 heteroatoms. The largest absolute Gasteiger partial charge is 0.483 e. The van der Waals surface area contributed by atoms with Crippen LogP contribution in [0.1, 0.15) is 48.9 Å². The first-order valence-electron chi connectivity index (χ1n) is 12.0. The number of carbonyl (C=O) groups is 1. The second-order valence-electron chi connectivity index (χ2n) is 9.51. The Bertz CT molecular complexity index is 1250. The molecule has 0 unspecified atom stereocenters. The number of aromatic nitrogens is 3. The van der Waals surface area contributed by atoms with Crippen molar-refractivity contribution in [3.63, 3.8) is 0 Å². The van der Waals surface area contributed by atoms with Gasteiger partial charge in [-0.05, 0) is 44.9 Å². The number of piperidine rings is 1. The number of ether oxygens (including phenoxy) is 2. The van der Waals surface area contributed by atoms with Crippen molar-refractivity contribution in [1.82, 2.24) is 19.7 Å². The van der Waals surface area contributed by atoms with Crippen LogP contribution in [0.5, 0.6) is 5.75 Å². The molecule has 1 aromatic carbocycles. The van der Waals surface area contributed by atoms with Crippen LogP contribution in [-0.2, 0) is 10.9 Å². The molecule has 36 heavy (non-hydrogen) atoms. The molecule has 4 heterocycles. The second-order valence-corrected chi connectivity index (χ2v) is 9.51. The number of hydrogen-bond acceptors (Lipinski definition) is 6. The Morgan fingerprint density at radius 3 is 2.58 bits per heavy atom. The molecule has 0 saturated carbocycles. The summed E-state index contributed by atoms with van der Waals surface area (Å²) in [4.78, 5) is 18.8. The van der Waals surface area contributed by atoms with Crippen molar-refractivity contribution in [3.05, 3.63) is 47.9 Å². The number of anilines is 1. The quantitative estimate of drug-likeness (QED) is 0.533. The Balaban J connectivity index is 1.41.